The summed E-state index contributed by atoms with van der Waals surface area (Å²) in [4.78, 5) is 23.3. The van der Waals surface area contributed by atoms with Crippen LogP contribution in [0.1, 0.15) is 12.7 Å². The Morgan fingerprint density at radius 2 is 2.05 bits per heavy atom. The monoisotopic (exact) mass is 367 g/mol. The first kappa shape index (κ1) is 15.9. The van der Waals surface area contributed by atoms with Crippen LogP contribution in [-0.2, 0) is 9.59 Å². The fourth-order valence-electron chi connectivity index (χ4n) is 1.49. The van der Waals surface area contributed by atoms with Crippen molar-refractivity contribution in [3.8, 4) is 0 Å². The van der Waals surface area contributed by atoms with Gasteiger partial charge in [-0.2, -0.15) is 5.10 Å². The molecule has 0 radical (unpaired) electrons. The topological polar surface area (TPSA) is 83.7 Å². The molecule has 0 aliphatic carbocycles. The Hall–Kier alpha value is -2.48. The summed E-state index contributed by atoms with van der Waals surface area (Å²) in [5, 5.41) is 5.88. The van der Waals surface area contributed by atoms with Crippen LogP contribution in [0.2, 0.25) is 0 Å². The highest BCUT2D eigenvalue weighted by atomic mass is 79.9. The van der Waals surface area contributed by atoms with Gasteiger partial charge in [-0.3, -0.25) is 9.59 Å². The first-order valence-corrected chi connectivity index (χ1v) is 6.91. The number of carbonyl (C=O) groups is 2. The lowest BCUT2D eigenvalue weighted by Gasteiger charge is -2.05. The molecular formula is C14H11BrFN3O3. The molecule has 0 fully saturated rings. The molecule has 22 heavy (non-hydrogen) atoms. The van der Waals surface area contributed by atoms with Gasteiger partial charge in [-0.05, 0) is 37.3 Å². The molecule has 0 aliphatic heterocycles. The van der Waals surface area contributed by atoms with Crippen LogP contribution < -0.4 is 10.7 Å². The van der Waals surface area contributed by atoms with Crippen molar-refractivity contribution in [2.24, 2.45) is 5.10 Å². The Kier molecular flexibility index (Phi) is 5.05. The Morgan fingerprint density at radius 1 is 1.27 bits per heavy atom. The molecule has 6 nitrogen and oxygen atoms in total. The van der Waals surface area contributed by atoms with Gasteiger partial charge >= 0.3 is 11.8 Å². The molecule has 2 rings (SSSR count). The second kappa shape index (κ2) is 6.99. The molecule has 0 saturated carbocycles. The van der Waals surface area contributed by atoms with E-state index in [0.29, 0.717) is 15.9 Å². The normalized spacial score (nSPS) is 11.1. The van der Waals surface area contributed by atoms with Crippen LogP contribution in [0.5, 0.6) is 0 Å². The molecular weight excluding hydrogens is 357 g/mol. The number of amides is 2. The average molecular weight is 368 g/mol. The van der Waals surface area contributed by atoms with Gasteiger partial charge < -0.3 is 9.73 Å². The van der Waals surface area contributed by atoms with Gasteiger partial charge in [-0.25, -0.2) is 9.82 Å². The maximum absolute atomic E-state index is 13.6. The van der Waals surface area contributed by atoms with E-state index in [0.717, 1.165) is 0 Å². The number of benzene rings is 1. The van der Waals surface area contributed by atoms with E-state index >= 15 is 0 Å². The lowest BCUT2D eigenvalue weighted by molar-refractivity contribution is -0.136. The summed E-state index contributed by atoms with van der Waals surface area (Å²) in [5.41, 5.74) is 2.35. The summed E-state index contributed by atoms with van der Waals surface area (Å²) in [7, 11) is 0. The molecule has 0 unspecified atom stereocenters. The van der Waals surface area contributed by atoms with Crippen LogP contribution in [0, 0.1) is 5.82 Å². The van der Waals surface area contributed by atoms with Crippen LogP contribution in [0.25, 0.3) is 0 Å². The number of furan rings is 1. The molecule has 2 N–H and O–H groups in total. The number of nitrogens with one attached hydrogen (secondary N) is 2. The van der Waals surface area contributed by atoms with Crippen molar-refractivity contribution in [1.82, 2.24) is 5.43 Å². The second-order valence-electron chi connectivity index (χ2n) is 4.19. The first-order chi connectivity index (χ1) is 10.5. The molecule has 114 valence electrons. The average Bonchev–Trinajstić information content (AvgIpc) is 3.01. The lowest BCUT2D eigenvalue weighted by Crippen LogP contribution is -2.33. The van der Waals surface area contributed by atoms with E-state index in [4.69, 9.17) is 4.42 Å². The molecule has 0 atom stereocenters. The molecule has 1 aromatic carbocycles. The molecule has 0 bridgehead atoms. The zero-order valence-electron chi connectivity index (χ0n) is 11.4. The maximum atomic E-state index is 13.6. The van der Waals surface area contributed by atoms with E-state index < -0.39 is 17.6 Å². The Labute approximate surface area is 133 Å². The van der Waals surface area contributed by atoms with Crippen LogP contribution in [0.3, 0.4) is 0 Å². The predicted molar refractivity (Wildman–Crippen MR) is 81.8 cm³/mol. The van der Waals surface area contributed by atoms with Crippen molar-refractivity contribution >= 4 is 39.1 Å². The predicted octanol–water partition coefficient (Wildman–Crippen LogP) is 2.66. The third-order valence-electron chi connectivity index (χ3n) is 2.59. The minimum Gasteiger partial charge on any atom is -0.463 e. The minimum atomic E-state index is -1.03. The SMILES string of the molecule is CC(=NNC(=O)C(=O)Nc1ccc(Br)cc1F)c1ccco1. The summed E-state index contributed by atoms with van der Waals surface area (Å²) in [6.07, 6.45) is 1.46. The van der Waals surface area contributed by atoms with Crippen molar-refractivity contribution in [3.05, 3.63) is 52.6 Å². The van der Waals surface area contributed by atoms with E-state index in [9.17, 15) is 14.0 Å². The van der Waals surface area contributed by atoms with Gasteiger partial charge in [0.05, 0.1) is 12.0 Å². The zero-order chi connectivity index (χ0) is 16.1. The van der Waals surface area contributed by atoms with E-state index in [1.807, 2.05) is 0 Å². The summed E-state index contributed by atoms with van der Waals surface area (Å²) in [6, 6.07) is 7.37. The summed E-state index contributed by atoms with van der Waals surface area (Å²) in [5.74, 6) is -2.25. The van der Waals surface area contributed by atoms with E-state index in [1.54, 1.807) is 19.1 Å². The number of nitrogens with zero attached hydrogens (tertiary/aromatic N) is 1. The third-order valence-corrected chi connectivity index (χ3v) is 3.08. The smallest absolute Gasteiger partial charge is 0.329 e. The van der Waals surface area contributed by atoms with Crippen LogP contribution >= 0.6 is 15.9 Å². The number of carbonyl (C=O) groups excluding carboxylic acids is 2. The minimum absolute atomic E-state index is 0.102. The highest BCUT2D eigenvalue weighted by molar-refractivity contribution is 9.10. The van der Waals surface area contributed by atoms with E-state index in [1.165, 1.54) is 24.5 Å². The second-order valence-corrected chi connectivity index (χ2v) is 5.11. The van der Waals surface area contributed by atoms with Crippen molar-refractivity contribution in [1.29, 1.82) is 0 Å². The van der Waals surface area contributed by atoms with Crippen molar-refractivity contribution < 1.29 is 18.4 Å². The first-order valence-electron chi connectivity index (χ1n) is 6.12. The lowest BCUT2D eigenvalue weighted by atomic mass is 10.3. The van der Waals surface area contributed by atoms with Crippen molar-refractivity contribution in [3.63, 3.8) is 0 Å². The zero-order valence-corrected chi connectivity index (χ0v) is 13.0. The molecule has 1 aromatic heterocycles. The molecule has 8 heteroatoms. The Bertz CT molecular complexity index is 729. The van der Waals surface area contributed by atoms with E-state index in [2.05, 4.69) is 31.8 Å². The van der Waals surface area contributed by atoms with Crippen LogP contribution in [0.15, 0.2) is 50.6 Å². The van der Waals surface area contributed by atoms with Gasteiger partial charge in [0.25, 0.3) is 0 Å². The van der Waals surface area contributed by atoms with Crippen LogP contribution in [0.4, 0.5) is 10.1 Å². The maximum Gasteiger partial charge on any atom is 0.329 e. The molecule has 0 saturated heterocycles. The highest BCUT2D eigenvalue weighted by Gasteiger charge is 2.15. The Morgan fingerprint density at radius 3 is 2.68 bits per heavy atom. The van der Waals surface area contributed by atoms with Gasteiger partial charge in [0.1, 0.15) is 17.3 Å². The standard InChI is InChI=1S/C14H11BrFN3O3/c1-8(12-3-2-6-22-12)18-19-14(21)13(20)17-11-5-4-9(15)7-10(11)16/h2-7H,1H3,(H,17,20)(H,19,21). The number of hydrazone groups is 1. The molecule has 2 amide bonds. The van der Waals surface area contributed by atoms with Gasteiger partial charge in [0.2, 0.25) is 0 Å². The Balaban J connectivity index is 1.98. The summed E-state index contributed by atoms with van der Waals surface area (Å²) >= 11 is 3.09. The quantitative estimate of drug-likeness (QED) is 0.496. The van der Waals surface area contributed by atoms with E-state index in [-0.39, 0.29) is 5.69 Å². The highest BCUT2D eigenvalue weighted by Crippen LogP contribution is 2.19. The fourth-order valence-corrected chi connectivity index (χ4v) is 1.83. The van der Waals surface area contributed by atoms with Gasteiger partial charge in [-0.1, -0.05) is 15.9 Å². The molecule has 1 heterocycles. The molecule has 0 spiro atoms. The molecule has 2 aromatic rings. The van der Waals surface area contributed by atoms with Crippen molar-refractivity contribution in [2.75, 3.05) is 5.32 Å². The van der Waals surface area contributed by atoms with Gasteiger partial charge in [-0.15, -0.1) is 0 Å². The molecule has 0 aliphatic rings. The summed E-state index contributed by atoms with van der Waals surface area (Å²) in [6.45, 7) is 1.60. The summed E-state index contributed by atoms with van der Waals surface area (Å²) < 4.78 is 19.2. The number of rotatable bonds is 3. The number of hydrogen-bond donors (Lipinski definition) is 2. The third kappa shape index (κ3) is 4.01. The number of halogens is 2. The van der Waals surface area contributed by atoms with Crippen LogP contribution in [-0.4, -0.2) is 17.5 Å². The number of hydrogen-bond acceptors (Lipinski definition) is 4. The van der Waals surface area contributed by atoms with Gasteiger partial charge in [0.15, 0.2) is 0 Å². The number of anilines is 1. The van der Waals surface area contributed by atoms with Gasteiger partial charge in [0, 0.05) is 4.47 Å². The van der Waals surface area contributed by atoms with Crippen molar-refractivity contribution in [2.45, 2.75) is 6.92 Å². The fraction of sp³-hybridized carbons (Fsp3) is 0.0714. The largest absolute Gasteiger partial charge is 0.463 e.